The normalized spacial score (nSPS) is 31.9. The largest absolute Gasteiger partial charge is 0.390 e. The zero-order valence-corrected chi connectivity index (χ0v) is 17.1. The molecule has 1 aliphatic heterocycles. The van der Waals surface area contributed by atoms with E-state index in [9.17, 15) is 10.2 Å². The third-order valence-corrected chi connectivity index (χ3v) is 7.48. The van der Waals surface area contributed by atoms with E-state index in [0.717, 1.165) is 48.1 Å². The van der Waals surface area contributed by atoms with E-state index in [1.54, 1.807) is 0 Å². The molecule has 31 heavy (non-hydrogen) atoms. The average Bonchev–Trinajstić information content (AvgIpc) is 3.35. The Labute approximate surface area is 179 Å². The van der Waals surface area contributed by atoms with Crippen LogP contribution in [0.5, 0.6) is 0 Å². The topological polar surface area (TPSA) is 134 Å². The second-order valence-corrected chi connectivity index (χ2v) is 9.15. The van der Waals surface area contributed by atoms with Gasteiger partial charge in [-0.2, -0.15) is 0 Å². The smallest absolute Gasteiger partial charge is 0.137 e. The molecule has 1 unspecified atom stereocenters. The highest BCUT2D eigenvalue weighted by Gasteiger charge is 2.55. The van der Waals surface area contributed by atoms with Crippen molar-refractivity contribution in [2.45, 2.75) is 43.4 Å². The minimum atomic E-state index is -0.800. The molecule has 0 radical (unpaired) electrons. The first kappa shape index (κ1) is 18.8. The van der Waals surface area contributed by atoms with E-state index in [2.05, 4.69) is 38.1 Å². The Balaban J connectivity index is 1.22. The summed E-state index contributed by atoms with van der Waals surface area (Å²) < 4.78 is 0. The van der Waals surface area contributed by atoms with Crippen LogP contribution in [-0.2, 0) is 6.42 Å². The summed E-state index contributed by atoms with van der Waals surface area (Å²) in [7, 11) is 0. The van der Waals surface area contributed by atoms with Crippen LogP contribution in [0.2, 0.25) is 0 Å². The number of aliphatic hydroxyl groups is 2. The molecule has 0 bridgehead atoms. The van der Waals surface area contributed by atoms with Crippen LogP contribution in [0.4, 0.5) is 17.5 Å². The molecule has 6 rings (SSSR count). The molecule has 160 valence electrons. The molecule has 6 atom stereocenters. The second kappa shape index (κ2) is 6.77. The first-order valence-electron chi connectivity index (χ1n) is 10.9. The molecule has 8 nitrogen and oxygen atoms in total. The zero-order chi connectivity index (χ0) is 21.3. The molecular formula is C23H26N6O2. The number of benzene rings is 1. The van der Waals surface area contributed by atoms with Crippen molar-refractivity contribution >= 4 is 28.4 Å². The van der Waals surface area contributed by atoms with Crippen molar-refractivity contribution < 1.29 is 10.2 Å². The van der Waals surface area contributed by atoms with E-state index in [0.29, 0.717) is 23.5 Å². The maximum atomic E-state index is 10.9. The number of fused-ring (bicyclic) bond motifs is 2. The van der Waals surface area contributed by atoms with Crippen molar-refractivity contribution in [3.05, 3.63) is 47.8 Å². The van der Waals surface area contributed by atoms with E-state index < -0.39 is 12.2 Å². The fourth-order valence-corrected chi connectivity index (χ4v) is 5.79. The van der Waals surface area contributed by atoms with Gasteiger partial charge in [-0.05, 0) is 60.8 Å². The Morgan fingerprint density at radius 1 is 0.968 bits per heavy atom. The van der Waals surface area contributed by atoms with Gasteiger partial charge in [0.25, 0.3) is 0 Å². The van der Waals surface area contributed by atoms with Crippen LogP contribution < -0.4 is 16.4 Å². The van der Waals surface area contributed by atoms with Crippen molar-refractivity contribution in [3.8, 4) is 0 Å². The van der Waals surface area contributed by atoms with Gasteiger partial charge in [0.1, 0.15) is 29.9 Å². The van der Waals surface area contributed by atoms with Gasteiger partial charge in [0.2, 0.25) is 0 Å². The number of aromatic nitrogens is 3. The molecule has 6 N–H and O–H groups in total. The lowest BCUT2D eigenvalue weighted by atomic mass is 9.95. The molecule has 3 aromatic rings. The lowest BCUT2D eigenvalue weighted by Crippen LogP contribution is -2.43. The van der Waals surface area contributed by atoms with Crippen LogP contribution in [0.1, 0.15) is 29.9 Å². The fourth-order valence-electron chi connectivity index (χ4n) is 5.79. The maximum Gasteiger partial charge on any atom is 0.137 e. The van der Waals surface area contributed by atoms with Gasteiger partial charge < -0.3 is 26.6 Å². The highest BCUT2D eigenvalue weighted by atomic mass is 16.3. The summed E-state index contributed by atoms with van der Waals surface area (Å²) in [4.78, 5) is 15.1. The Morgan fingerprint density at radius 3 is 2.68 bits per heavy atom. The van der Waals surface area contributed by atoms with Crippen LogP contribution in [0.15, 0.2) is 36.7 Å². The third-order valence-electron chi connectivity index (χ3n) is 7.48. The number of pyridine rings is 1. The molecule has 3 aliphatic rings. The molecule has 2 aliphatic carbocycles. The van der Waals surface area contributed by atoms with Crippen LogP contribution in [-0.4, -0.2) is 50.0 Å². The summed E-state index contributed by atoms with van der Waals surface area (Å²) in [6.07, 6.45) is 2.46. The van der Waals surface area contributed by atoms with Gasteiger partial charge in [-0.3, -0.25) is 0 Å². The monoisotopic (exact) mass is 418 g/mol. The lowest BCUT2D eigenvalue weighted by molar-refractivity contribution is 0.00981. The van der Waals surface area contributed by atoms with E-state index in [1.807, 2.05) is 12.1 Å². The summed E-state index contributed by atoms with van der Waals surface area (Å²) in [5.41, 5.74) is 14.9. The van der Waals surface area contributed by atoms with Crippen molar-refractivity contribution in [2.75, 3.05) is 22.9 Å². The van der Waals surface area contributed by atoms with Gasteiger partial charge >= 0.3 is 0 Å². The van der Waals surface area contributed by atoms with E-state index in [1.165, 1.54) is 11.9 Å². The zero-order valence-electron chi connectivity index (χ0n) is 17.1. The molecule has 0 spiro atoms. The van der Waals surface area contributed by atoms with Crippen molar-refractivity contribution in [1.29, 1.82) is 0 Å². The molecule has 0 saturated heterocycles. The minimum Gasteiger partial charge on any atom is -0.390 e. The Morgan fingerprint density at radius 2 is 1.81 bits per heavy atom. The van der Waals surface area contributed by atoms with Crippen LogP contribution in [0.3, 0.4) is 0 Å². The quantitative estimate of drug-likeness (QED) is 0.502. The first-order chi connectivity index (χ1) is 15.0. The molecule has 2 fully saturated rings. The molecule has 1 aromatic carbocycles. The summed E-state index contributed by atoms with van der Waals surface area (Å²) in [6.45, 7) is 0.741. The van der Waals surface area contributed by atoms with Crippen LogP contribution >= 0.6 is 0 Å². The Kier molecular flexibility index (Phi) is 4.10. The third kappa shape index (κ3) is 2.93. The second-order valence-electron chi connectivity index (χ2n) is 9.15. The molecule has 8 heteroatoms. The van der Waals surface area contributed by atoms with Crippen LogP contribution in [0, 0.1) is 11.8 Å². The summed E-state index contributed by atoms with van der Waals surface area (Å²) in [5.74, 6) is 2.61. The number of nitrogens with zero attached hydrogens (tertiary/aromatic N) is 4. The van der Waals surface area contributed by atoms with Gasteiger partial charge in [-0.15, -0.1) is 0 Å². The number of nitrogens with two attached hydrogens (primary N) is 2. The van der Waals surface area contributed by atoms with Crippen molar-refractivity contribution in [1.82, 2.24) is 15.0 Å². The highest BCUT2D eigenvalue weighted by molar-refractivity contribution is 5.81. The Hall–Kier alpha value is -2.97. The van der Waals surface area contributed by atoms with Crippen molar-refractivity contribution in [2.24, 2.45) is 11.8 Å². The van der Waals surface area contributed by atoms with Gasteiger partial charge in [-0.25, -0.2) is 15.0 Å². The van der Waals surface area contributed by atoms with Gasteiger partial charge in [0.15, 0.2) is 0 Å². The molecular weight excluding hydrogens is 392 g/mol. The SMILES string of the molecule is Nc1ccc2ccc(C3C[C@H]3[C@H]3C[C@@H](N4CCc5c(N)ncnc54)[C@H](O)[C@@H]3O)cc2n1. The predicted octanol–water partition coefficient (Wildman–Crippen LogP) is 1.47. The van der Waals surface area contributed by atoms with Gasteiger partial charge in [0.05, 0.1) is 17.7 Å². The molecule has 0 amide bonds. The average molecular weight is 419 g/mol. The summed E-state index contributed by atoms with van der Waals surface area (Å²) >= 11 is 0. The Bertz CT molecular complexity index is 1170. The standard InChI is InChI=1S/C23H26N6O2/c24-19-4-3-11-1-2-12(7-17(11)28-19)14-8-15(14)16-9-18(21(31)20(16)30)29-6-5-13-22(25)26-10-27-23(13)29/h1-4,7,10,14-16,18,20-21,30-31H,5-6,8-9H2,(H2,24,28)(H2,25,26,27)/t14?,15-,16-,18-,20-,21+/m1/s1. The van der Waals surface area contributed by atoms with Crippen LogP contribution in [0.25, 0.3) is 10.9 Å². The van der Waals surface area contributed by atoms with E-state index in [4.69, 9.17) is 11.5 Å². The summed E-state index contributed by atoms with van der Waals surface area (Å²) in [5, 5.41) is 22.9. The first-order valence-corrected chi connectivity index (χ1v) is 10.9. The van der Waals surface area contributed by atoms with Gasteiger partial charge in [0, 0.05) is 17.5 Å². The predicted molar refractivity (Wildman–Crippen MR) is 118 cm³/mol. The number of nitrogen functional groups attached to an aromatic ring is 2. The highest BCUT2D eigenvalue weighted by Crippen LogP contribution is 2.57. The van der Waals surface area contributed by atoms with E-state index >= 15 is 0 Å². The van der Waals surface area contributed by atoms with E-state index in [-0.39, 0.29) is 12.0 Å². The summed E-state index contributed by atoms with van der Waals surface area (Å²) in [6, 6.07) is 9.99. The maximum absolute atomic E-state index is 10.9. The number of hydrogen-bond donors (Lipinski definition) is 4. The molecule has 2 saturated carbocycles. The number of aliphatic hydroxyl groups excluding tert-OH is 2. The lowest BCUT2D eigenvalue weighted by Gasteiger charge is -2.28. The molecule has 3 heterocycles. The number of anilines is 3. The number of hydrogen-bond acceptors (Lipinski definition) is 8. The van der Waals surface area contributed by atoms with Crippen molar-refractivity contribution in [3.63, 3.8) is 0 Å². The number of rotatable bonds is 3. The fraction of sp³-hybridized carbons (Fsp3) is 0.435. The minimum absolute atomic E-state index is 0.0535. The van der Waals surface area contributed by atoms with Gasteiger partial charge in [-0.1, -0.05) is 12.1 Å². The molecule has 2 aromatic heterocycles.